The maximum absolute atomic E-state index is 5.68. The maximum atomic E-state index is 5.68. The summed E-state index contributed by atoms with van der Waals surface area (Å²) in [5.74, 6) is 0.978. The topological polar surface area (TPSA) is 69.2 Å². The third-order valence-corrected chi connectivity index (χ3v) is 3.37. The molecule has 0 saturated carbocycles. The molecule has 0 aliphatic carbocycles. The number of halogens is 2. The van der Waals surface area contributed by atoms with Gasteiger partial charge in [-0.1, -0.05) is 15.9 Å². The molecule has 0 saturated heterocycles. The largest absolute Gasteiger partial charge is 0.461 e. The van der Waals surface area contributed by atoms with Crippen LogP contribution in [0.1, 0.15) is 13.8 Å². The Labute approximate surface area is 139 Å². The molecule has 1 aromatic carbocycles. The first-order chi connectivity index (χ1) is 9.97. The fourth-order valence-corrected chi connectivity index (χ4v) is 2.54. The third kappa shape index (κ3) is 4.53. The fraction of sp³-hybridized carbons (Fsp3) is 0.308. The van der Waals surface area contributed by atoms with Gasteiger partial charge in [0, 0.05) is 11.5 Å². The predicted octanol–water partition coefficient (Wildman–Crippen LogP) is 4.02. The van der Waals surface area contributed by atoms with Crippen LogP contribution in [-0.4, -0.2) is 28.1 Å². The van der Waals surface area contributed by atoms with Crippen molar-refractivity contribution in [1.82, 2.24) is 15.0 Å². The zero-order valence-electron chi connectivity index (χ0n) is 11.7. The standard InChI is InChI=1S/C13H14Br2N4O2/c1-7(2)20-12-17-11(16-3)18-13(19-12)21-10-5-4-8(14)6-9(10)15/h4-7H,1-3H3,(H,16,17,18,19). The second kappa shape index (κ2) is 7.04. The molecular formula is C13H14Br2N4O2. The summed E-state index contributed by atoms with van der Waals surface area (Å²) in [5.41, 5.74) is 0. The lowest BCUT2D eigenvalue weighted by molar-refractivity contribution is 0.218. The molecule has 0 spiro atoms. The van der Waals surface area contributed by atoms with E-state index in [1.165, 1.54) is 0 Å². The van der Waals surface area contributed by atoms with Gasteiger partial charge in [-0.2, -0.15) is 9.97 Å². The molecule has 0 aliphatic rings. The lowest BCUT2D eigenvalue weighted by Gasteiger charge is -2.11. The number of nitrogens with one attached hydrogen (secondary N) is 1. The van der Waals surface area contributed by atoms with Crippen LogP contribution in [0.15, 0.2) is 27.1 Å². The summed E-state index contributed by atoms with van der Waals surface area (Å²) in [7, 11) is 1.72. The van der Waals surface area contributed by atoms with Crippen LogP contribution in [0.3, 0.4) is 0 Å². The van der Waals surface area contributed by atoms with Gasteiger partial charge in [0.15, 0.2) is 0 Å². The van der Waals surface area contributed by atoms with E-state index >= 15 is 0 Å². The maximum Gasteiger partial charge on any atom is 0.330 e. The number of aromatic nitrogens is 3. The van der Waals surface area contributed by atoms with Crippen LogP contribution in [-0.2, 0) is 0 Å². The van der Waals surface area contributed by atoms with E-state index in [1.807, 2.05) is 26.0 Å². The Morgan fingerprint density at radius 2 is 1.81 bits per heavy atom. The van der Waals surface area contributed by atoms with Crippen molar-refractivity contribution in [2.45, 2.75) is 20.0 Å². The predicted molar refractivity (Wildman–Crippen MR) is 87.1 cm³/mol. The number of rotatable bonds is 5. The summed E-state index contributed by atoms with van der Waals surface area (Å²) in [6, 6.07) is 5.92. The van der Waals surface area contributed by atoms with Crippen molar-refractivity contribution in [2.24, 2.45) is 0 Å². The van der Waals surface area contributed by atoms with Gasteiger partial charge < -0.3 is 14.8 Å². The molecule has 0 atom stereocenters. The number of ether oxygens (including phenoxy) is 2. The molecular weight excluding hydrogens is 404 g/mol. The highest BCUT2D eigenvalue weighted by Gasteiger charge is 2.11. The minimum atomic E-state index is -0.0376. The highest BCUT2D eigenvalue weighted by atomic mass is 79.9. The summed E-state index contributed by atoms with van der Waals surface area (Å²) in [6.07, 6.45) is -0.0376. The molecule has 1 aromatic heterocycles. The molecule has 0 radical (unpaired) electrons. The van der Waals surface area contributed by atoms with E-state index in [9.17, 15) is 0 Å². The Kier molecular flexibility index (Phi) is 5.35. The Hall–Kier alpha value is -1.41. The average molecular weight is 418 g/mol. The minimum Gasteiger partial charge on any atom is -0.461 e. The van der Waals surface area contributed by atoms with Crippen molar-refractivity contribution >= 4 is 37.8 Å². The molecule has 8 heteroatoms. The average Bonchev–Trinajstić information content (AvgIpc) is 2.41. The van der Waals surface area contributed by atoms with Crippen LogP contribution >= 0.6 is 31.9 Å². The summed E-state index contributed by atoms with van der Waals surface area (Å²) in [6.45, 7) is 3.79. The molecule has 0 unspecified atom stereocenters. The highest BCUT2D eigenvalue weighted by molar-refractivity contribution is 9.11. The lowest BCUT2D eigenvalue weighted by Crippen LogP contribution is -2.11. The van der Waals surface area contributed by atoms with Gasteiger partial charge >= 0.3 is 12.0 Å². The normalized spacial score (nSPS) is 10.6. The van der Waals surface area contributed by atoms with Gasteiger partial charge in [0.1, 0.15) is 5.75 Å². The van der Waals surface area contributed by atoms with Gasteiger partial charge in [0.2, 0.25) is 5.95 Å². The first-order valence-electron chi connectivity index (χ1n) is 6.21. The molecule has 2 rings (SSSR count). The molecule has 0 aliphatic heterocycles. The van der Waals surface area contributed by atoms with Crippen LogP contribution in [0.2, 0.25) is 0 Å². The second-order valence-corrected chi connectivity index (χ2v) is 6.09. The van der Waals surface area contributed by atoms with Crippen molar-refractivity contribution in [3.63, 3.8) is 0 Å². The second-order valence-electron chi connectivity index (χ2n) is 4.32. The third-order valence-electron chi connectivity index (χ3n) is 2.25. The number of anilines is 1. The summed E-state index contributed by atoms with van der Waals surface area (Å²) >= 11 is 6.81. The minimum absolute atomic E-state index is 0.0376. The van der Waals surface area contributed by atoms with E-state index in [1.54, 1.807) is 13.1 Å². The molecule has 1 N–H and O–H groups in total. The highest BCUT2D eigenvalue weighted by Crippen LogP contribution is 2.31. The van der Waals surface area contributed by atoms with Crippen molar-refractivity contribution in [2.75, 3.05) is 12.4 Å². The van der Waals surface area contributed by atoms with Crippen molar-refractivity contribution < 1.29 is 9.47 Å². The first-order valence-corrected chi connectivity index (χ1v) is 7.80. The van der Waals surface area contributed by atoms with Gasteiger partial charge in [-0.15, -0.1) is 4.98 Å². The van der Waals surface area contributed by atoms with Crippen LogP contribution < -0.4 is 14.8 Å². The van der Waals surface area contributed by atoms with Crippen LogP contribution in [0.5, 0.6) is 17.8 Å². The number of hydrogen-bond acceptors (Lipinski definition) is 6. The first kappa shape index (κ1) is 16.0. The van der Waals surface area contributed by atoms with Gasteiger partial charge in [-0.3, -0.25) is 0 Å². The zero-order valence-corrected chi connectivity index (χ0v) is 14.9. The number of hydrogen-bond donors (Lipinski definition) is 1. The number of nitrogens with zero attached hydrogens (tertiary/aromatic N) is 3. The Bertz CT molecular complexity index is 638. The monoisotopic (exact) mass is 416 g/mol. The van der Waals surface area contributed by atoms with E-state index < -0.39 is 0 Å². The van der Waals surface area contributed by atoms with Crippen LogP contribution in [0.4, 0.5) is 5.95 Å². The zero-order chi connectivity index (χ0) is 15.4. The smallest absolute Gasteiger partial charge is 0.330 e. The van der Waals surface area contributed by atoms with Crippen molar-refractivity contribution in [3.8, 4) is 17.8 Å². The molecule has 2 aromatic rings. The van der Waals surface area contributed by atoms with Crippen molar-refractivity contribution in [1.29, 1.82) is 0 Å². The number of benzene rings is 1. The summed E-state index contributed by atoms with van der Waals surface area (Å²) in [5, 5.41) is 2.85. The van der Waals surface area contributed by atoms with Crippen LogP contribution in [0.25, 0.3) is 0 Å². The Morgan fingerprint density at radius 1 is 1.10 bits per heavy atom. The summed E-state index contributed by atoms with van der Waals surface area (Å²) < 4.78 is 12.9. The molecule has 21 heavy (non-hydrogen) atoms. The van der Waals surface area contributed by atoms with E-state index in [0.717, 1.165) is 8.95 Å². The van der Waals surface area contributed by atoms with E-state index in [2.05, 4.69) is 52.1 Å². The van der Waals surface area contributed by atoms with Gasteiger partial charge in [0.25, 0.3) is 0 Å². The fourth-order valence-electron chi connectivity index (χ4n) is 1.42. The Balaban J connectivity index is 2.29. The van der Waals surface area contributed by atoms with E-state index in [0.29, 0.717) is 11.7 Å². The quantitative estimate of drug-likeness (QED) is 0.792. The lowest BCUT2D eigenvalue weighted by atomic mass is 10.3. The van der Waals surface area contributed by atoms with E-state index in [4.69, 9.17) is 9.47 Å². The van der Waals surface area contributed by atoms with Gasteiger partial charge in [-0.25, -0.2) is 0 Å². The van der Waals surface area contributed by atoms with Crippen molar-refractivity contribution in [3.05, 3.63) is 27.1 Å². The molecule has 0 amide bonds. The van der Waals surface area contributed by atoms with E-state index in [-0.39, 0.29) is 18.1 Å². The SMILES string of the molecule is CNc1nc(Oc2ccc(Br)cc2Br)nc(OC(C)C)n1. The van der Waals surface area contributed by atoms with Gasteiger partial charge in [0.05, 0.1) is 10.6 Å². The Morgan fingerprint density at radius 3 is 2.43 bits per heavy atom. The molecule has 6 nitrogen and oxygen atoms in total. The molecule has 112 valence electrons. The van der Waals surface area contributed by atoms with Gasteiger partial charge in [-0.05, 0) is 48.0 Å². The van der Waals surface area contributed by atoms with Crippen LogP contribution in [0, 0.1) is 0 Å². The summed E-state index contributed by atoms with van der Waals surface area (Å²) in [4.78, 5) is 12.4. The molecule has 1 heterocycles. The molecule has 0 fully saturated rings. The molecule has 0 bridgehead atoms.